The SMILES string of the molecule is CCNC(=O)CCOc1ccccc1CNCCOC. The van der Waals surface area contributed by atoms with Crippen LogP contribution in [0.5, 0.6) is 5.75 Å². The molecule has 2 N–H and O–H groups in total. The van der Waals surface area contributed by atoms with Gasteiger partial charge >= 0.3 is 0 Å². The Labute approximate surface area is 120 Å². The third kappa shape index (κ3) is 6.54. The predicted molar refractivity (Wildman–Crippen MR) is 78.8 cm³/mol. The van der Waals surface area contributed by atoms with E-state index >= 15 is 0 Å². The molecule has 1 aromatic rings. The third-order valence-corrected chi connectivity index (χ3v) is 2.73. The highest BCUT2D eigenvalue weighted by molar-refractivity contribution is 5.75. The lowest BCUT2D eigenvalue weighted by Crippen LogP contribution is -2.24. The smallest absolute Gasteiger partial charge is 0.223 e. The zero-order valence-electron chi connectivity index (χ0n) is 12.3. The zero-order valence-corrected chi connectivity index (χ0v) is 12.3. The van der Waals surface area contributed by atoms with Crippen molar-refractivity contribution in [2.75, 3.05) is 33.4 Å². The standard InChI is InChI=1S/C15H24N2O3/c1-3-17-15(18)8-10-20-14-7-5-4-6-13(14)12-16-9-11-19-2/h4-7,16H,3,8-12H2,1-2H3,(H,17,18). The van der Waals surface area contributed by atoms with Crippen molar-refractivity contribution in [3.05, 3.63) is 29.8 Å². The maximum Gasteiger partial charge on any atom is 0.223 e. The molecule has 0 saturated carbocycles. The van der Waals surface area contributed by atoms with E-state index in [0.29, 0.717) is 26.2 Å². The van der Waals surface area contributed by atoms with Crippen molar-refractivity contribution in [3.63, 3.8) is 0 Å². The van der Waals surface area contributed by atoms with E-state index in [9.17, 15) is 4.79 Å². The molecular formula is C15H24N2O3. The highest BCUT2D eigenvalue weighted by atomic mass is 16.5. The maximum absolute atomic E-state index is 11.3. The number of para-hydroxylation sites is 1. The van der Waals surface area contributed by atoms with Crippen molar-refractivity contribution in [1.29, 1.82) is 0 Å². The fourth-order valence-corrected chi connectivity index (χ4v) is 1.73. The van der Waals surface area contributed by atoms with Crippen LogP contribution in [0.3, 0.4) is 0 Å². The molecule has 0 atom stereocenters. The number of rotatable bonds is 10. The highest BCUT2D eigenvalue weighted by Gasteiger charge is 2.04. The molecule has 0 aliphatic heterocycles. The number of methoxy groups -OCH3 is 1. The van der Waals surface area contributed by atoms with Gasteiger partial charge in [-0.05, 0) is 13.0 Å². The van der Waals surface area contributed by atoms with Gasteiger partial charge in [-0.25, -0.2) is 0 Å². The van der Waals surface area contributed by atoms with E-state index in [1.165, 1.54) is 0 Å². The summed E-state index contributed by atoms with van der Waals surface area (Å²) < 4.78 is 10.7. The van der Waals surface area contributed by atoms with Crippen molar-refractivity contribution in [2.45, 2.75) is 19.9 Å². The van der Waals surface area contributed by atoms with Gasteiger partial charge in [0, 0.05) is 32.3 Å². The molecule has 0 spiro atoms. The van der Waals surface area contributed by atoms with Crippen LogP contribution >= 0.6 is 0 Å². The molecule has 0 radical (unpaired) electrons. The topological polar surface area (TPSA) is 59.6 Å². The average Bonchev–Trinajstić information content (AvgIpc) is 2.45. The van der Waals surface area contributed by atoms with Gasteiger partial charge in [-0.1, -0.05) is 18.2 Å². The van der Waals surface area contributed by atoms with Gasteiger partial charge < -0.3 is 20.1 Å². The van der Waals surface area contributed by atoms with Gasteiger partial charge in [0.05, 0.1) is 19.6 Å². The van der Waals surface area contributed by atoms with Crippen molar-refractivity contribution in [2.24, 2.45) is 0 Å². The summed E-state index contributed by atoms with van der Waals surface area (Å²) in [6.45, 7) is 5.14. The Balaban J connectivity index is 2.38. The summed E-state index contributed by atoms with van der Waals surface area (Å²) in [5.74, 6) is 0.838. The molecule has 5 nitrogen and oxygen atoms in total. The summed E-state index contributed by atoms with van der Waals surface area (Å²) in [6.07, 6.45) is 0.374. The highest BCUT2D eigenvalue weighted by Crippen LogP contribution is 2.17. The van der Waals surface area contributed by atoms with E-state index in [1.807, 2.05) is 31.2 Å². The van der Waals surface area contributed by atoms with Crippen LogP contribution in [0.15, 0.2) is 24.3 Å². The first-order valence-corrected chi connectivity index (χ1v) is 6.95. The van der Waals surface area contributed by atoms with Crippen LogP contribution in [0, 0.1) is 0 Å². The minimum absolute atomic E-state index is 0.0169. The normalized spacial score (nSPS) is 10.3. The molecule has 0 aliphatic carbocycles. The van der Waals surface area contributed by atoms with Crippen molar-refractivity contribution < 1.29 is 14.3 Å². The molecule has 0 aliphatic rings. The van der Waals surface area contributed by atoms with Gasteiger partial charge in [-0.2, -0.15) is 0 Å². The Morgan fingerprint density at radius 3 is 2.80 bits per heavy atom. The number of amides is 1. The number of hydrogen-bond donors (Lipinski definition) is 2. The summed E-state index contributed by atoms with van der Waals surface area (Å²) >= 11 is 0. The molecule has 0 unspecified atom stereocenters. The molecule has 0 saturated heterocycles. The first-order chi connectivity index (χ1) is 9.77. The molecule has 112 valence electrons. The summed E-state index contributed by atoms with van der Waals surface area (Å²) in [7, 11) is 1.68. The molecule has 5 heteroatoms. The molecule has 0 aromatic heterocycles. The number of carbonyl (C=O) groups excluding carboxylic acids is 1. The third-order valence-electron chi connectivity index (χ3n) is 2.73. The summed E-state index contributed by atoms with van der Waals surface area (Å²) in [5.41, 5.74) is 1.08. The number of carbonyl (C=O) groups is 1. The van der Waals surface area contributed by atoms with Gasteiger partial charge in [0.15, 0.2) is 0 Å². The fraction of sp³-hybridized carbons (Fsp3) is 0.533. The lowest BCUT2D eigenvalue weighted by molar-refractivity contribution is -0.121. The molecule has 1 aromatic carbocycles. The Bertz CT molecular complexity index is 396. The van der Waals surface area contributed by atoms with E-state index in [1.54, 1.807) is 7.11 Å². The minimum Gasteiger partial charge on any atom is -0.493 e. The lowest BCUT2D eigenvalue weighted by atomic mass is 10.2. The summed E-state index contributed by atoms with van der Waals surface area (Å²) in [4.78, 5) is 11.3. The fourth-order valence-electron chi connectivity index (χ4n) is 1.73. The Kier molecular flexibility index (Phi) is 8.42. The van der Waals surface area contributed by atoms with Gasteiger partial charge in [0.25, 0.3) is 0 Å². The van der Waals surface area contributed by atoms with Crippen LogP contribution in [0.25, 0.3) is 0 Å². The van der Waals surface area contributed by atoms with Gasteiger partial charge in [-0.15, -0.1) is 0 Å². The second-order valence-electron chi connectivity index (χ2n) is 4.33. The van der Waals surface area contributed by atoms with Gasteiger partial charge in [-0.3, -0.25) is 4.79 Å². The van der Waals surface area contributed by atoms with Crippen LogP contribution in [0.4, 0.5) is 0 Å². The number of ether oxygens (including phenoxy) is 2. The quantitative estimate of drug-likeness (QED) is 0.635. The Hall–Kier alpha value is -1.59. The van der Waals surface area contributed by atoms with Crippen molar-refractivity contribution >= 4 is 5.91 Å². The second kappa shape index (κ2) is 10.2. The first-order valence-electron chi connectivity index (χ1n) is 6.95. The molecule has 0 fully saturated rings. The molecule has 1 amide bonds. The van der Waals surface area contributed by atoms with Crippen LogP contribution in [0.1, 0.15) is 18.9 Å². The van der Waals surface area contributed by atoms with E-state index in [2.05, 4.69) is 10.6 Å². The molecule has 0 heterocycles. The second-order valence-corrected chi connectivity index (χ2v) is 4.33. The van der Waals surface area contributed by atoms with E-state index in [4.69, 9.17) is 9.47 Å². The minimum atomic E-state index is 0.0169. The molecule has 20 heavy (non-hydrogen) atoms. The molecular weight excluding hydrogens is 256 g/mol. The largest absolute Gasteiger partial charge is 0.493 e. The summed E-state index contributed by atoms with van der Waals surface area (Å²) in [6, 6.07) is 7.84. The number of nitrogens with one attached hydrogen (secondary N) is 2. The van der Waals surface area contributed by atoms with Crippen molar-refractivity contribution in [1.82, 2.24) is 10.6 Å². The maximum atomic E-state index is 11.3. The summed E-state index contributed by atoms with van der Waals surface area (Å²) in [5, 5.41) is 6.03. The monoisotopic (exact) mass is 280 g/mol. The Morgan fingerprint density at radius 2 is 2.05 bits per heavy atom. The van der Waals surface area contributed by atoms with Crippen LogP contribution in [0.2, 0.25) is 0 Å². The predicted octanol–water partition coefficient (Wildman–Crippen LogP) is 1.33. The number of benzene rings is 1. The van der Waals surface area contributed by atoms with Crippen LogP contribution in [-0.2, 0) is 16.1 Å². The van der Waals surface area contributed by atoms with E-state index in [0.717, 1.165) is 24.4 Å². The van der Waals surface area contributed by atoms with E-state index in [-0.39, 0.29) is 5.91 Å². The van der Waals surface area contributed by atoms with Gasteiger partial charge in [0.2, 0.25) is 5.91 Å². The zero-order chi connectivity index (χ0) is 14.6. The lowest BCUT2D eigenvalue weighted by Gasteiger charge is -2.12. The molecule has 1 rings (SSSR count). The first kappa shape index (κ1) is 16.5. The van der Waals surface area contributed by atoms with Crippen LogP contribution < -0.4 is 15.4 Å². The van der Waals surface area contributed by atoms with Crippen molar-refractivity contribution in [3.8, 4) is 5.75 Å². The average molecular weight is 280 g/mol. The van der Waals surface area contributed by atoms with E-state index < -0.39 is 0 Å². The Morgan fingerprint density at radius 1 is 1.25 bits per heavy atom. The number of hydrogen-bond acceptors (Lipinski definition) is 4. The van der Waals surface area contributed by atoms with Crippen LogP contribution in [-0.4, -0.2) is 39.3 Å². The molecule has 0 bridgehead atoms. The van der Waals surface area contributed by atoms with Gasteiger partial charge in [0.1, 0.15) is 5.75 Å².